The minimum absolute atomic E-state index is 0.116. The molecule has 0 heterocycles. The summed E-state index contributed by atoms with van der Waals surface area (Å²) in [6, 6.07) is 21.2. The average molecular weight is 362 g/mol. The number of allylic oxidation sites excluding steroid dienone is 1. The number of carbonyl (C=O) groups is 1. The Labute approximate surface area is 157 Å². The maximum atomic E-state index is 13.1. The molecule has 0 unspecified atom stereocenters. The van der Waals surface area contributed by atoms with Crippen molar-refractivity contribution in [3.63, 3.8) is 0 Å². The van der Waals surface area contributed by atoms with E-state index in [2.05, 4.69) is 0 Å². The van der Waals surface area contributed by atoms with Crippen LogP contribution in [0.1, 0.15) is 16.7 Å². The number of carbonyl (C=O) groups excluding carboxylic acids is 1. The first-order valence-corrected chi connectivity index (χ1v) is 8.56. The molecule has 0 atom stereocenters. The van der Waals surface area contributed by atoms with E-state index in [0.29, 0.717) is 17.9 Å². The summed E-state index contributed by atoms with van der Waals surface area (Å²) < 4.78 is 18.9. The number of benzene rings is 3. The van der Waals surface area contributed by atoms with E-state index >= 15 is 0 Å². The molecule has 0 aliphatic heterocycles. The zero-order chi connectivity index (χ0) is 19.1. The molecule has 27 heavy (non-hydrogen) atoms. The van der Waals surface area contributed by atoms with E-state index in [9.17, 15) is 14.3 Å². The Kier molecular flexibility index (Phi) is 6.00. The highest BCUT2D eigenvalue weighted by molar-refractivity contribution is 5.95. The first kappa shape index (κ1) is 18.4. The van der Waals surface area contributed by atoms with Crippen molar-refractivity contribution < 1.29 is 19.0 Å². The molecule has 0 bridgehead atoms. The number of aromatic hydroxyl groups is 1. The van der Waals surface area contributed by atoms with Gasteiger partial charge in [0.1, 0.15) is 12.4 Å². The fourth-order valence-corrected chi connectivity index (χ4v) is 2.60. The highest BCUT2D eigenvalue weighted by Gasteiger charge is 2.07. The Bertz CT molecular complexity index is 949. The van der Waals surface area contributed by atoms with Crippen LogP contribution in [0.3, 0.4) is 0 Å². The third-order valence-electron chi connectivity index (χ3n) is 4.01. The zero-order valence-electron chi connectivity index (χ0n) is 14.6. The van der Waals surface area contributed by atoms with Gasteiger partial charge in [-0.1, -0.05) is 60.7 Å². The molecule has 0 aliphatic rings. The number of ketones is 1. The topological polar surface area (TPSA) is 46.5 Å². The number of hydrogen-bond acceptors (Lipinski definition) is 3. The van der Waals surface area contributed by atoms with Crippen LogP contribution in [0.25, 0.3) is 6.08 Å². The SMILES string of the molecule is O=C(/C=C/c1ccc(F)c(O)c1)Cc1ccccc1OCc1ccccc1. The number of para-hydroxylation sites is 1. The van der Waals surface area contributed by atoms with Gasteiger partial charge in [-0.05, 0) is 35.4 Å². The monoisotopic (exact) mass is 362 g/mol. The maximum absolute atomic E-state index is 13.1. The minimum Gasteiger partial charge on any atom is -0.505 e. The van der Waals surface area contributed by atoms with Crippen molar-refractivity contribution in [2.24, 2.45) is 0 Å². The first-order chi connectivity index (χ1) is 13.1. The molecular formula is C23H19FO3. The van der Waals surface area contributed by atoms with Crippen molar-refractivity contribution in [1.82, 2.24) is 0 Å². The summed E-state index contributed by atoms with van der Waals surface area (Å²) in [5.74, 6) is -0.579. The molecule has 3 rings (SSSR count). The van der Waals surface area contributed by atoms with E-state index in [1.165, 1.54) is 18.2 Å². The Morgan fingerprint density at radius 3 is 2.52 bits per heavy atom. The summed E-state index contributed by atoms with van der Waals surface area (Å²) >= 11 is 0. The lowest BCUT2D eigenvalue weighted by atomic mass is 10.1. The predicted octanol–water partition coefficient (Wildman–Crippen LogP) is 4.94. The van der Waals surface area contributed by atoms with Crippen LogP contribution in [-0.4, -0.2) is 10.9 Å². The summed E-state index contributed by atoms with van der Waals surface area (Å²) in [4.78, 5) is 12.3. The van der Waals surface area contributed by atoms with Crippen molar-refractivity contribution in [2.45, 2.75) is 13.0 Å². The zero-order valence-corrected chi connectivity index (χ0v) is 14.6. The summed E-state index contributed by atoms with van der Waals surface area (Å²) in [7, 11) is 0. The third-order valence-corrected chi connectivity index (χ3v) is 4.01. The molecule has 3 aromatic rings. The number of phenolic OH excluding ortho intramolecular Hbond substituents is 1. The molecule has 4 heteroatoms. The van der Waals surface area contributed by atoms with E-state index in [1.54, 1.807) is 6.08 Å². The normalized spacial score (nSPS) is 10.9. The second kappa shape index (κ2) is 8.81. The van der Waals surface area contributed by atoms with Crippen LogP contribution in [0.5, 0.6) is 11.5 Å². The van der Waals surface area contributed by atoms with E-state index in [1.807, 2.05) is 54.6 Å². The highest BCUT2D eigenvalue weighted by atomic mass is 19.1. The molecule has 136 valence electrons. The second-order valence-corrected chi connectivity index (χ2v) is 6.07. The Morgan fingerprint density at radius 2 is 1.74 bits per heavy atom. The van der Waals surface area contributed by atoms with Gasteiger partial charge >= 0.3 is 0 Å². The molecule has 0 amide bonds. The molecule has 1 N–H and O–H groups in total. The van der Waals surface area contributed by atoms with Gasteiger partial charge in [-0.15, -0.1) is 0 Å². The second-order valence-electron chi connectivity index (χ2n) is 6.07. The first-order valence-electron chi connectivity index (χ1n) is 8.56. The Hall–Kier alpha value is -3.40. The number of halogens is 1. The third kappa shape index (κ3) is 5.28. The van der Waals surface area contributed by atoms with Crippen molar-refractivity contribution in [3.8, 4) is 11.5 Å². The molecule has 0 aliphatic carbocycles. The van der Waals surface area contributed by atoms with Gasteiger partial charge in [0.25, 0.3) is 0 Å². The molecule has 0 radical (unpaired) electrons. The van der Waals surface area contributed by atoms with Crippen LogP contribution in [-0.2, 0) is 17.8 Å². The van der Waals surface area contributed by atoms with Crippen molar-refractivity contribution >= 4 is 11.9 Å². The largest absolute Gasteiger partial charge is 0.505 e. The number of phenols is 1. The number of ether oxygens (including phenoxy) is 1. The van der Waals surface area contributed by atoms with Crippen LogP contribution >= 0.6 is 0 Å². The molecular weight excluding hydrogens is 343 g/mol. The van der Waals surface area contributed by atoms with Gasteiger partial charge in [0, 0.05) is 12.0 Å². The molecule has 0 fully saturated rings. The van der Waals surface area contributed by atoms with E-state index in [-0.39, 0.29) is 12.2 Å². The quantitative estimate of drug-likeness (QED) is 0.606. The molecule has 0 saturated heterocycles. The molecule has 3 aromatic carbocycles. The van der Waals surface area contributed by atoms with Crippen LogP contribution < -0.4 is 4.74 Å². The van der Waals surface area contributed by atoms with Crippen molar-refractivity contribution in [3.05, 3.63) is 101 Å². The predicted molar refractivity (Wildman–Crippen MR) is 103 cm³/mol. The lowest BCUT2D eigenvalue weighted by Gasteiger charge is -2.10. The Balaban J connectivity index is 1.65. The van der Waals surface area contributed by atoms with Crippen LogP contribution in [0, 0.1) is 5.82 Å². The lowest BCUT2D eigenvalue weighted by Crippen LogP contribution is -2.03. The summed E-state index contributed by atoms with van der Waals surface area (Å²) in [5, 5.41) is 9.38. The van der Waals surface area contributed by atoms with Gasteiger partial charge in [0.15, 0.2) is 17.3 Å². The van der Waals surface area contributed by atoms with Gasteiger partial charge < -0.3 is 9.84 Å². The molecule has 0 aromatic heterocycles. The van der Waals surface area contributed by atoms with Gasteiger partial charge in [-0.25, -0.2) is 4.39 Å². The van der Waals surface area contributed by atoms with Crippen LogP contribution in [0.15, 0.2) is 78.9 Å². The van der Waals surface area contributed by atoms with Gasteiger partial charge in [0.2, 0.25) is 0 Å². The highest BCUT2D eigenvalue weighted by Crippen LogP contribution is 2.21. The van der Waals surface area contributed by atoms with Crippen LogP contribution in [0.2, 0.25) is 0 Å². The minimum atomic E-state index is -0.692. The van der Waals surface area contributed by atoms with E-state index < -0.39 is 11.6 Å². The Morgan fingerprint density at radius 1 is 1.00 bits per heavy atom. The molecule has 3 nitrogen and oxygen atoms in total. The van der Waals surface area contributed by atoms with Crippen molar-refractivity contribution in [1.29, 1.82) is 0 Å². The van der Waals surface area contributed by atoms with E-state index in [0.717, 1.165) is 17.2 Å². The van der Waals surface area contributed by atoms with E-state index in [4.69, 9.17) is 4.74 Å². The van der Waals surface area contributed by atoms with Crippen molar-refractivity contribution in [2.75, 3.05) is 0 Å². The number of hydrogen-bond donors (Lipinski definition) is 1. The molecule has 0 spiro atoms. The summed E-state index contributed by atoms with van der Waals surface area (Å²) in [5.41, 5.74) is 2.40. The fourth-order valence-electron chi connectivity index (χ4n) is 2.60. The standard InChI is InChI=1S/C23H19FO3/c24-21-13-11-17(14-22(21)26)10-12-20(25)15-19-8-4-5-9-23(19)27-16-18-6-2-1-3-7-18/h1-14,26H,15-16H2/b12-10+. The van der Waals surface area contributed by atoms with Gasteiger partial charge in [-0.3, -0.25) is 4.79 Å². The number of rotatable bonds is 7. The summed E-state index contributed by atoms with van der Waals surface area (Å²) in [6.07, 6.45) is 3.16. The summed E-state index contributed by atoms with van der Waals surface area (Å²) in [6.45, 7) is 0.427. The van der Waals surface area contributed by atoms with Crippen LogP contribution in [0.4, 0.5) is 4.39 Å². The lowest BCUT2D eigenvalue weighted by molar-refractivity contribution is -0.114. The van der Waals surface area contributed by atoms with Gasteiger partial charge in [0.05, 0.1) is 0 Å². The maximum Gasteiger partial charge on any atom is 0.164 e. The van der Waals surface area contributed by atoms with Gasteiger partial charge in [-0.2, -0.15) is 0 Å². The molecule has 0 saturated carbocycles. The smallest absolute Gasteiger partial charge is 0.164 e. The fraction of sp³-hybridized carbons (Fsp3) is 0.0870. The average Bonchev–Trinajstić information content (AvgIpc) is 2.69.